The molecule has 1 aromatic carbocycles. The molecule has 1 fully saturated rings. The Morgan fingerprint density at radius 1 is 1.25 bits per heavy atom. The standard InChI is InChI=1S/C16H24N2O2/c17-12-14-7-5-13(6-8-14)11-16(20)18(9-2-10-19)15-3-1-4-15/h5-8,15,19H,1-4,9-12,17H2. The van der Waals surface area contributed by atoms with Gasteiger partial charge in [0.25, 0.3) is 0 Å². The zero-order chi connectivity index (χ0) is 14.4. The molecule has 0 atom stereocenters. The minimum Gasteiger partial charge on any atom is -0.396 e. The third-order valence-corrected chi connectivity index (χ3v) is 4.01. The summed E-state index contributed by atoms with van der Waals surface area (Å²) < 4.78 is 0. The van der Waals surface area contributed by atoms with Crippen molar-refractivity contribution in [3.8, 4) is 0 Å². The van der Waals surface area contributed by atoms with Crippen LogP contribution in [0.2, 0.25) is 0 Å². The van der Waals surface area contributed by atoms with E-state index < -0.39 is 0 Å². The largest absolute Gasteiger partial charge is 0.396 e. The Balaban J connectivity index is 1.95. The molecule has 1 amide bonds. The van der Waals surface area contributed by atoms with Crippen molar-refractivity contribution in [3.63, 3.8) is 0 Å². The number of aliphatic hydroxyl groups excluding tert-OH is 1. The minimum atomic E-state index is 0.141. The van der Waals surface area contributed by atoms with Crippen LogP contribution in [-0.4, -0.2) is 35.1 Å². The summed E-state index contributed by atoms with van der Waals surface area (Å²) in [5.74, 6) is 0.170. The normalized spacial score (nSPS) is 14.9. The number of hydrogen-bond donors (Lipinski definition) is 2. The molecule has 4 heteroatoms. The van der Waals surface area contributed by atoms with E-state index in [0.717, 1.165) is 24.0 Å². The minimum absolute atomic E-state index is 0.141. The van der Waals surface area contributed by atoms with E-state index in [1.54, 1.807) is 0 Å². The van der Waals surface area contributed by atoms with Gasteiger partial charge >= 0.3 is 0 Å². The van der Waals surface area contributed by atoms with E-state index in [0.29, 0.717) is 32.0 Å². The second kappa shape index (κ2) is 7.41. The second-order valence-corrected chi connectivity index (χ2v) is 5.45. The van der Waals surface area contributed by atoms with E-state index in [-0.39, 0.29) is 12.5 Å². The Labute approximate surface area is 120 Å². The van der Waals surface area contributed by atoms with Crippen LogP contribution in [-0.2, 0) is 17.8 Å². The molecule has 0 bridgehead atoms. The lowest BCUT2D eigenvalue weighted by Gasteiger charge is -2.37. The number of nitrogens with zero attached hydrogens (tertiary/aromatic N) is 1. The van der Waals surface area contributed by atoms with Crippen molar-refractivity contribution in [1.29, 1.82) is 0 Å². The maximum absolute atomic E-state index is 12.4. The summed E-state index contributed by atoms with van der Waals surface area (Å²) in [7, 11) is 0. The summed E-state index contributed by atoms with van der Waals surface area (Å²) in [6.07, 6.45) is 4.51. The molecule has 0 saturated heterocycles. The van der Waals surface area contributed by atoms with Crippen molar-refractivity contribution in [1.82, 2.24) is 4.90 Å². The van der Waals surface area contributed by atoms with Crippen molar-refractivity contribution in [3.05, 3.63) is 35.4 Å². The van der Waals surface area contributed by atoms with E-state index in [1.165, 1.54) is 6.42 Å². The van der Waals surface area contributed by atoms with Crippen LogP contribution in [0.1, 0.15) is 36.8 Å². The quantitative estimate of drug-likeness (QED) is 0.792. The number of aliphatic hydroxyl groups is 1. The molecule has 20 heavy (non-hydrogen) atoms. The molecule has 1 saturated carbocycles. The van der Waals surface area contributed by atoms with Gasteiger partial charge in [-0.15, -0.1) is 0 Å². The van der Waals surface area contributed by atoms with Crippen LogP contribution >= 0.6 is 0 Å². The molecule has 0 unspecified atom stereocenters. The highest BCUT2D eigenvalue weighted by atomic mass is 16.3. The number of carbonyl (C=O) groups is 1. The summed E-state index contributed by atoms with van der Waals surface area (Å²) >= 11 is 0. The number of carbonyl (C=O) groups excluding carboxylic acids is 1. The predicted octanol–water partition coefficient (Wildman–Crippen LogP) is 1.45. The van der Waals surface area contributed by atoms with Crippen LogP contribution in [0.15, 0.2) is 24.3 Å². The molecule has 1 aromatic rings. The third-order valence-electron chi connectivity index (χ3n) is 4.01. The van der Waals surface area contributed by atoms with Crippen LogP contribution in [0, 0.1) is 0 Å². The lowest BCUT2D eigenvalue weighted by atomic mass is 9.91. The maximum Gasteiger partial charge on any atom is 0.227 e. The summed E-state index contributed by atoms with van der Waals surface area (Å²) in [5, 5.41) is 8.97. The SMILES string of the molecule is NCc1ccc(CC(=O)N(CCCO)C2CCC2)cc1. The highest BCUT2D eigenvalue weighted by molar-refractivity contribution is 5.79. The number of rotatable bonds is 7. The monoisotopic (exact) mass is 276 g/mol. The van der Waals surface area contributed by atoms with Gasteiger partial charge in [-0.3, -0.25) is 4.79 Å². The molecule has 0 radical (unpaired) electrons. The van der Waals surface area contributed by atoms with Crippen LogP contribution in [0.4, 0.5) is 0 Å². The molecular weight excluding hydrogens is 252 g/mol. The number of nitrogens with two attached hydrogens (primary N) is 1. The molecule has 110 valence electrons. The van der Waals surface area contributed by atoms with Gasteiger partial charge in [0.1, 0.15) is 0 Å². The molecule has 0 aliphatic heterocycles. The molecule has 2 rings (SSSR count). The second-order valence-electron chi connectivity index (χ2n) is 5.45. The number of hydrogen-bond acceptors (Lipinski definition) is 3. The van der Waals surface area contributed by atoms with E-state index in [1.807, 2.05) is 29.2 Å². The fourth-order valence-corrected chi connectivity index (χ4v) is 2.52. The smallest absolute Gasteiger partial charge is 0.227 e. The molecule has 0 heterocycles. The summed E-state index contributed by atoms with van der Waals surface area (Å²) in [6, 6.07) is 8.29. The fourth-order valence-electron chi connectivity index (χ4n) is 2.52. The molecule has 4 nitrogen and oxygen atoms in total. The first-order chi connectivity index (χ1) is 9.74. The lowest BCUT2D eigenvalue weighted by molar-refractivity contribution is -0.134. The predicted molar refractivity (Wildman–Crippen MR) is 79.1 cm³/mol. The maximum atomic E-state index is 12.4. The first-order valence-corrected chi connectivity index (χ1v) is 7.43. The summed E-state index contributed by atoms with van der Waals surface area (Å²) in [6.45, 7) is 1.33. The van der Waals surface area contributed by atoms with Crippen molar-refractivity contribution in [2.45, 2.75) is 44.7 Å². The van der Waals surface area contributed by atoms with E-state index in [2.05, 4.69) is 0 Å². The summed E-state index contributed by atoms with van der Waals surface area (Å²) in [4.78, 5) is 14.4. The molecule has 0 spiro atoms. The summed E-state index contributed by atoms with van der Waals surface area (Å²) in [5.41, 5.74) is 7.68. The van der Waals surface area contributed by atoms with Crippen LogP contribution in [0.3, 0.4) is 0 Å². The first kappa shape index (κ1) is 15.0. The van der Waals surface area contributed by atoms with Crippen molar-refractivity contribution < 1.29 is 9.90 Å². The van der Waals surface area contributed by atoms with Gasteiger partial charge in [-0.25, -0.2) is 0 Å². The molecule has 3 N–H and O–H groups in total. The van der Waals surface area contributed by atoms with Gasteiger partial charge < -0.3 is 15.7 Å². The lowest BCUT2D eigenvalue weighted by Crippen LogP contribution is -2.45. The van der Waals surface area contributed by atoms with Gasteiger partial charge in [0, 0.05) is 25.7 Å². The van der Waals surface area contributed by atoms with E-state index in [9.17, 15) is 4.79 Å². The zero-order valence-electron chi connectivity index (χ0n) is 11.9. The topological polar surface area (TPSA) is 66.6 Å². The number of benzene rings is 1. The molecule has 1 aliphatic carbocycles. The Kier molecular flexibility index (Phi) is 5.56. The molecular formula is C16H24N2O2. The highest BCUT2D eigenvalue weighted by Gasteiger charge is 2.28. The van der Waals surface area contributed by atoms with Gasteiger partial charge in [-0.1, -0.05) is 24.3 Å². The van der Waals surface area contributed by atoms with Crippen molar-refractivity contribution >= 4 is 5.91 Å². The number of amides is 1. The van der Waals surface area contributed by atoms with Gasteiger partial charge in [-0.05, 0) is 36.8 Å². The Morgan fingerprint density at radius 3 is 2.40 bits per heavy atom. The molecule has 0 aromatic heterocycles. The van der Waals surface area contributed by atoms with Crippen LogP contribution in [0.25, 0.3) is 0 Å². The first-order valence-electron chi connectivity index (χ1n) is 7.43. The Morgan fingerprint density at radius 2 is 1.90 bits per heavy atom. The zero-order valence-corrected chi connectivity index (χ0v) is 11.9. The molecule has 1 aliphatic rings. The highest BCUT2D eigenvalue weighted by Crippen LogP contribution is 2.25. The van der Waals surface area contributed by atoms with Gasteiger partial charge in [0.15, 0.2) is 0 Å². The Hall–Kier alpha value is -1.39. The van der Waals surface area contributed by atoms with E-state index >= 15 is 0 Å². The third kappa shape index (κ3) is 3.81. The van der Waals surface area contributed by atoms with Gasteiger partial charge in [0.05, 0.1) is 6.42 Å². The fraction of sp³-hybridized carbons (Fsp3) is 0.562. The average molecular weight is 276 g/mol. The van der Waals surface area contributed by atoms with Gasteiger partial charge in [-0.2, -0.15) is 0 Å². The van der Waals surface area contributed by atoms with Crippen molar-refractivity contribution in [2.75, 3.05) is 13.2 Å². The van der Waals surface area contributed by atoms with Crippen LogP contribution in [0.5, 0.6) is 0 Å². The van der Waals surface area contributed by atoms with Gasteiger partial charge in [0.2, 0.25) is 5.91 Å². The van der Waals surface area contributed by atoms with Crippen LogP contribution < -0.4 is 5.73 Å². The van der Waals surface area contributed by atoms with Crippen molar-refractivity contribution in [2.24, 2.45) is 5.73 Å². The van der Waals surface area contributed by atoms with E-state index in [4.69, 9.17) is 10.8 Å². The Bertz CT molecular complexity index is 427. The average Bonchev–Trinajstić information content (AvgIpc) is 2.42.